The molecule has 0 saturated carbocycles. The minimum Gasteiger partial charge on any atom is -0.459 e. The Labute approximate surface area is 169 Å². The van der Waals surface area contributed by atoms with Crippen LogP contribution in [0.5, 0.6) is 0 Å². The smallest absolute Gasteiger partial charge is 0.283 e. The maximum absolute atomic E-state index is 12.1. The fourth-order valence-corrected chi connectivity index (χ4v) is 2.60. The fraction of sp³-hybridized carbons (Fsp3) is 0. The number of nitrogens with one attached hydrogen (secondary N) is 1. The minimum atomic E-state index is -0.476. The molecule has 0 fully saturated rings. The molecule has 0 radical (unpaired) electrons. The van der Waals surface area contributed by atoms with Crippen molar-refractivity contribution in [2.24, 2.45) is 0 Å². The third-order valence-corrected chi connectivity index (χ3v) is 4.09. The van der Waals surface area contributed by atoms with E-state index >= 15 is 0 Å². The number of hydrogen-bond acceptors (Lipinski definition) is 7. The fourth-order valence-electron chi connectivity index (χ4n) is 2.60. The molecule has 2 aromatic heterocycles. The van der Waals surface area contributed by atoms with Crippen LogP contribution in [0.1, 0.15) is 5.56 Å². The summed E-state index contributed by atoms with van der Waals surface area (Å²) in [5.41, 5.74) is 1.95. The van der Waals surface area contributed by atoms with Gasteiger partial charge in [0.2, 0.25) is 11.8 Å². The Bertz CT molecular complexity index is 1190. The summed E-state index contributed by atoms with van der Waals surface area (Å²) < 4.78 is 10.8. The van der Waals surface area contributed by atoms with Gasteiger partial charge in [-0.25, -0.2) is 0 Å². The molecule has 4 aromatic rings. The Morgan fingerprint density at radius 2 is 1.73 bits per heavy atom. The second kappa shape index (κ2) is 8.23. The normalized spacial score (nSPS) is 10.9. The maximum Gasteiger partial charge on any atom is 0.283 e. The van der Waals surface area contributed by atoms with E-state index < -0.39 is 4.92 Å². The first-order valence-electron chi connectivity index (χ1n) is 8.80. The van der Waals surface area contributed by atoms with Crippen LogP contribution in [0.3, 0.4) is 0 Å². The molecule has 148 valence electrons. The van der Waals surface area contributed by atoms with E-state index in [1.165, 1.54) is 24.5 Å². The standard InChI is InChI=1S/C21H14N4O5/c26-19(12-5-14-3-10-17(11-4-14)25(27)28)22-16-8-6-15(7-9-16)20-23-24-21(30-20)18-2-1-13-29-18/h1-13H,(H,22,26)/b12-5+. The monoisotopic (exact) mass is 402 g/mol. The van der Waals surface area contributed by atoms with Gasteiger partial charge in [0.05, 0.1) is 11.2 Å². The summed E-state index contributed by atoms with van der Waals surface area (Å²) in [5, 5.41) is 21.3. The van der Waals surface area contributed by atoms with Gasteiger partial charge in [-0.3, -0.25) is 14.9 Å². The van der Waals surface area contributed by atoms with Crippen molar-refractivity contribution in [1.82, 2.24) is 10.2 Å². The van der Waals surface area contributed by atoms with Crippen LogP contribution in [0.15, 0.2) is 81.8 Å². The number of hydrogen-bond donors (Lipinski definition) is 1. The molecule has 0 aliphatic heterocycles. The molecular weight excluding hydrogens is 388 g/mol. The summed E-state index contributed by atoms with van der Waals surface area (Å²) >= 11 is 0. The Kier molecular flexibility index (Phi) is 5.16. The van der Waals surface area contributed by atoms with Crippen molar-refractivity contribution in [3.8, 4) is 23.1 Å². The molecule has 4 rings (SSSR count). The number of benzene rings is 2. The molecular formula is C21H14N4O5. The largest absolute Gasteiger partial charge is 0.459 e. The third kappa shape index (κ3) is 4.30. The van der Waals surface area contributed by atoms with E-state index in [4.69, 9.17) is 8.83 Å². The van der Waals surface area contributed by atoms with Gasteiger partial charge in [0.1, 0.15) is 0 Å². The Morgan fingerprint density at radius 1 is 1.00 bits per heavy atom. The highest BCUT2D eigenvalue weighted by molar-refractivity contribution is 6.02. The van der Waals surface area contributed by atoms with Crippen LogP contribution in [0.4, 0.5) is 11.4 Å². The van der Waals surface area contributed by atoms with Gasteiger partial charge in [0, 0.05) is 29.5 Å². The van der Waals surface area contributed by atoms with E-state index in [9.17, 15) is 14.9 Å². The number of carbonyl (C=O) groups is 1. The molecule has 1 amide bonds. The Hall–Kier alpha value is -4.53. The lowest BCUT2D eigenvalue weighted by Gasteiger charge is -2.02. The highest BCUT2D eigenvalue weighted by atomic mass is 16.6. The number of aromatic nitrogens is 2. The van der Waals surface area contributed by atoms with Gasteiger partial charge in [-0.05, 0) is 60.2 Å². The highest BCUT2D eigenvalue weighted by Crippen LogP contribution is 2.25. The van der Waals surface area contributed by atoms with Crippen molar-refractivity contribution in [1.29, 1.82) is 0 Å². The molecule has 9 nitrogen and oxygen atoms in total. The first-order valence-corrected chi connectivity index (χ1v) is 8.80. The van der Waals surface area contributed by atoms with E-state index in [1.807, 2.05) is 0 Å². The van der Waals surface area contributed by atoms with E-state index in [0.29, 0.717) is 28.5 Å². The topological polar surface area (TPSA) is 124 Å². The van der Waals surface area contributed by atoms with Crippen LogP contribution in [-0.4, -0.2) is 21.0 Å². The molecule has 2 aromatic carbocycles. The third-order valence-electron chi connectivity index (χ3n) is 4.09. The zero-order valence-corrected chi connectivity index (χ0v) is 15.4. The van der Waals surface area contributed by atoms with Crippen LogP contribution in [0, 0.1) is 10.1 Å². The van der Waals surface area contributed by atoms with Gasteiger partial charge in [-0.15, -0.1) is 10.2 Å². The number of nitrogens with zero attached hydrogens (tertiary/aromatic N) is 3. The number of furan rings is 1. The molecule has 9 heteroatoms. The van der Waals surface area contributed by atoms with Crippen LogP contribution < -0.4 is 5.32 Å². The van der Waals surface area contributed by atoms with Crippen LogP contribution >= 0.6 is 0 Å². The number of nitro benzene ring substituents is 1. The Morgan fingerprint density at radius 3 is 2.40 bits per heavy atom. The van der Waals surface area contributed by atoms with E-state index in [1.54, 1.807) is 54.6 Å². The minimum absolute atomic E-state index is 0.00535. The molecule has 30 heavy (non-hydrogen) atoms. The maximum atomic E-state index is 12.1. The second-order valence-corrected chi connectivity index (χ2v) is 6.14. The molecule has 0 bridgehead atoms. The average Bonchev–Trinajstić information content (AvgIpc) is 3.45. The zero-order chi connectivity index (χ0) is 20.9. The molecule has 1 N–H and O–H groups in total. The second-order valence-electron chi connectivity index (χ2n) is 6.14. The summed E-state index contributed by atoms with van der Waals surface area (Å²) in [7, 11) is 0. The van der Waals surface area contributed by atoms with Crippen LogP contribution in [0.25, 0.3) is 29.2 Å². The van der Waals surface area contributed by atoms with Gasteiger partial charge in [0.25, 0.3) is 11.6 Å². The Balaban J connectivity index is 1.38. The predicted molar refractivity (Wildman–Crippen MR) is 108 cm³/mol. The molecule has 2 heterocycles. The number of non-ortho nitro benzene ring substituents is 1. The first kappa shape index (κ1) is 18.8. The van der Waals surface area contributed by atoms with Gasteiger partial charge < -0.3 is 14.2 Å². The van der Waals surface area contributed by atoms with Crippen molar-refractivity contribution >= 4 is 23.4 Å². The lowest BCUT2D eigenvalue weighted by atomic mass is 10.2. The van der Waals surface area contributed by atoms with Gasteiger partial charge in [-0.1, -0.05) is 0 Å². The predicted octanol–water partition coefficient (Wildman–Crippen LogP) is 4.56. The van der Waals surface area contributed by atoms with Crippen molar-refractivity contribution < 1.29 is 18.6 Å². The average molecular weight is 402 g/mol. The van der Waals surface area contributed by atoms with Crippen molar-refractivity contribution in [3.63, 3.8) is 0 Å². The number of nitro groups is 1. The highest BCUT2D eigenvalue weighted by Gasteiger charge is 2.12. The van der Waals surface area contributed by atoms with Crippen LogP contribution in [0.2, 0.25) is 0 Å². The zero-order valence-electron chi connectivity index (χ0n) is 15.4. The summed E-state index contributed by atoms with van der Waals surface area (Å²) in [5.74, 6) is 0.762. The van der Waals surface area contributed by atoms with E-state index in [2.05, 4.69) is 15.5 Å². The quantitative estimate of drug-likeness (QED) is 0.285. The SMILES string of the molecule is O=C(/C=C/c1ccc([N+](=O)[O-])cc1)Nc1ccc(-c2nnc(-c3ccco3)o2)cc1. The first-order chi connectivity index (χ1) is 14.6. The van der Waals surface area contributed by atoms with E-state index in [0.717, 1.165) is 0 Å². The summed E-state index contributed by atoms with van der Waals surface area (Å²) in [6, 6.07) is 16.3. The van der Waals surface area contributed by atoms with Gasteiger partial charge in [0.15, 0.2) is 5.76 Å². The molecule has 0 spiro atoms. The lowest BCUT2D eigenvalue weighted by Crippen LogP contribution is -2.07. The van der Waals surface area contributed by atoms with Gasteiger partial charge in [-0.2, -0.15) is 0 Å². The summed E-state index contributed by atoms with van der Waals surface area (Å²) in [6.45, 7) is 0. The van der Waals surface area contributed by atoms with E-state index in [-0.39, 0.29) is 17.5 Å². The molecule has 0 aliphatic carbocycles. The molecule has 0 atom stereocenters. The molecule has 0 aliphatic rings. The molecule has 0 unspecified atom stereocenters. The van der Waals surface area contributed by atoms with Crippen LogP contribution in [-0.2, 0) is 4.79 Å². The van der Waals surface area contributed by atoms with Crippen molar-refractivity contribution in [3.05, 3.63) is 88.7 Å². The van der Waals surface area contributed by atoms with Gasteiger partial charge >= 0.3 is 0 Å². The van der Waals surface area contributed by atoms with Crippen molar-refractivity contribution in [2.75, 3.05) is 5.32 Å². The summed E-state index contributed by atoms with van der Waals surface area (Å²) in [4.78, 5) is 22.3. The number of carbonyl (C=O) groups excluding carboxylic acids is 1. The number of rotatable bonds is 6. The number of anilines is 1. The number of amides is 1. The summed E-state index contributed by atoms with van der Waals surface area (Å²) in [6.07, 6.45) is 4.44. The van der Waals surface area contributed by atoms with Crippen molar-refractivity contribution in [2.45, 2.75) is 0 Å². The lowest BCUT2D eigenvalue weighted by molar-refractivity contribution is -0.384. The molecule has 0 saturated heterocycles.